The highest BCUT2D eigenvalue weighted by Gasteiger charge is 2.21. The number of hydrogen-bond donors (Lipinski definition) is 2. The molecule has 7 nitrogen and oxygen atoms in total. The molecule has 2 rings (SSSR count). The summed E-state index contributed by atoms with van der Waals surface area (Å²) >= 11 is 0. The third kappa shape index (κ3) is 2.36. The lowest BCUT2D eigenvalue weighted by Crippen LogP contribution is -2.38. The molecule has 1 saturated heterocycles. The number of nitrogens with one attached hydrogen (secondary N) is 2. The number of aromatic nitrogens is 3. The van der Waals surface area contributed by atoms with E-state index in [-0.39, 0.29) is 23.6 Å². The van der Waals surface area contributed by atoms with Crippen LogP contribution in [0.5, 0.6) is 0 Å². The highest BCUT2D eigenvalue weighted by molar-refractivity contribution is 5.91. The molecule has 16 heavy (non-hydrogen) atoms. The van der Waals surface area contributed by atoms with Crippen molar-refractivity contribution in [1.29, 1.82) is 0 Å². The van der Waals surface area contributed by atoms with Crippen molar-refractivity contribution in [2.45, 2.75) is 18.9 Å². The summed E-state index contributed by atoms with van der Waals surface area (Å²) in [7, 11) is 1.70. The van der Waals surface area contributed by atoms with Crippen LogP contribution >= 0.6 is 0 Å². The van der Waals surface area contributed by atoms with E-state index in [9.17, 15) is 9.59 Å². The Morgan fingerprint density at radius 1 is 1.75 bits per heavy atom. The van der Waals surface area contributed by atoms with E-state index in [0.29, 0.717) is 13.0 Å². The first kappa shape index (κ1) is 10.6. The van der Waals surface area contributed by atoms with Gasteiger partial charge in [0.1, 0.15) is 0 Å². The Kier molecular flexibility index (Phi) is 2.84. The fourth-order valence-electron chi connectivity index (χ4n) is 1.59. The number of carbonyl (C=O) groups is 2. The van der Waals surface area contributed by atoms with Crippen LogP contribution in [0.4, 0.5) is 0 Å². The lowest BCUT2D eigenvalue weighted by Gasteiger charge is -2.09. The maximum Gasteiger partial charge on any atom is 0.273 e. The average Bonchev–Trinajstić information content (AvgIpc) is 2.84. The number of hydrogen-bond acceptors (Lipinski definition) is 4. The summed E-state index contributed by atoms with van der Waals surface area (Å²) in [4.78, 5) is 22.5. The largest absolute Gasteiger partial charge is 0.352 e. The first-order chi connectivity index (χ1) is 7.65. The third-order valence-electron chi connectivity index (χ3n) is 2.43. The summed E-state index contributed by atoms with van der Waals surface area (Å²) in [6, 6.07) is 0.0353. The monoisotopic (exact) mass is 223 g/mol. The smallest absolute Gasteiger partial charge is 0.273 e. The molecule has 1 atom stereocenters. The molecule has 7 heteroatoms. The van der Waals surface area contributed by atoms with E-state index < -0.39 is 0 Å². The number of rotatable bonds is 3. The van der Waals surface area contributed by atoms with Crippen molar-refractivity contribution in [2.24, 2.45) is 7.05 Å². The second-order valence-corrected chi connectivity index (χ2v) is 3.79. The highest BCUT2D eigenvalue weighted by atomic mass is 16.2. The predicted molar refractivity (Wildman–Crippen MR) is 54.5 cm³/mol. The zero-order valence-corrected chi connectivity index (χ0v) is 8.93. The van der Waals surface area contributed by atoms with Gasteiger partial charge < -0.3 is 10.6 Å². The van der Waals surface area contributed by atoms with Gasteiger partial charge in [-0.1, -0.05) is 5.21 Å². The van der Waals surface area contributed by atoms with Gasteiger partial charge in [-0.25, -0.2) is 0 Å². The number of nitrogens with zero attached hydrogens (tertiary/aromatic N) is 3. The van der Waals surface area contributed by atoms with E-state index in [0.717, 1.165) is 6.42 Å². The summed E-state index contributed by atoms with van der Waals surface area (Å²) in [5.74, 6) is -0.229. The van der Waals surface area contributed by atoms with Crippen LogP contribution in [0, 0.1) is 0 Å². The van der Waals surface area contributed by atoms with E-state index in [4.69, 9.17) is 0 Å². The van der Waals surface area contributed by atoms with E-state index in [1.54, 1.807) is 13.2 Å². The van der Waals surface area contributed by atoms with Crippen molar-refractivity contribution in [3.05, 3.63) is 11.9 Å². The molecule has 1 aliphatic rings. The second kappa shape index (κ2) is 4.30. The molecule has 2 N–H and O–H groups in total. The lowest BCUT2D eigenvalue weighted by atomic mass is 10.2. The van der Waals surface area contributed by atoms with E-state index in [1.807, 2.05) is 0 Å². The van der Waals surface area contributed by atoms with Crippen LogP contribution in [-0.4, -0.2) is 39.4 Å². The van der Waals surface area contributed by atoms with Crippen LogP contribution in [-0.2, 0) is 11.8 Å². The van der Waals surface area contributed by atoms with Crippen molar-refractivity contribution < 1.29 is 9.59 Å². The summed E-state index contributed by atoms with van der Waals surface area (Å²) in [6.45, 7) is 0.432. The first-order valence-electron chi connectivity index (χ1n) is 5.09. The Balaban J connectivity index is 1.82. The van der Waals surface area contributed by atoms with Crippen molar-refractivity contribution in [3.8, 4) is 0 Å². The minimum Gasteiger partial charge on any atom is -0.352 e. The Hall–Kier alpha value is -1.92. The molecule has 0 bridgehead atoms. The number of carbonyl (C=O) groups excluding carboxylic acids is 2. The van der Waals surface area contributed by atoms with Gasteiger partial charge in [0.05, 0.1) is 6.20 Å². The maximum absolute atomic E-state index is 11.6. The molecule has 0 spiro atoms. The van der Waals surface area contributed by atoms with Crippen LogP contribution in [0.15, 0.2) is 6.20 Å². The maximum atomic E-state index is 11.6. The Bertz CT molecular complexity index is 414. The molecule has 1 unspecified atom stereocenters. The Labute approximate surface area is 92.2 Å². The molecule has 0 aromatic carbocycles. The minimum atomic E-state index is -0.269. The molecule has 2 amide bonds. The van der Waals surface area contributed by atoms with Crippen LogP contribution in [0.2, 0.25) is 0 Å². The van der Waals surface area contributed by atoms with Gasteiger partial charge in [-0.05, 0) is 6.42 Å². The van der Waals surface area contributed by atoms with Crippen LogP contribution < -0.4 is 10.6 Å². The molecule has 86 valence electrons. The van der Waals surface area contributed by atoms with Crippen molar-refractivity contribution in [1.82, 2.24) is 25.6 Å². The second-order valence-electron chi connectivity index (χ2n) is 3.79. The zero-order valence-electron chi connectivity index (χ0n) is 8.93. The fourth-order valence-corrected chi connectivity index (χ4v) is 1.59. The van der Waals surface area contributed by atoms with Gasteiger partial charge >= 0.3 is 0 Å². The minimum absolute atomic E-state index is 0.0353. The predicted octanol–water partition coefficient (Wildman–Crippen LogP) is -1.18. The SMILES string of the molecule is Cn1cc(C(=O)NCC2CCC(=O)N2)nn1. The van der Waals surface area contributed by atoms with Gasteiger partial charge in [-0.15, -0.1) is 5.10 Å². The summed E-state index contributed by atoms with van der Waals surface area (Å²) in [5, 5.41) is 12.8. The van der Waals surface area contributed by atoms with Gasteiger partial charge in [0, 0.05) is 26.1 Å². The average molecular weight is 223 g/mol. The van der Waals surface area contributed by atoms with Gasteiger partial charge in [-0.2, -0.15) is 0 Å². The first-order valence-corrected chi connectivity index (χ1v) is 5.09. The van der Waals surface area contributed by atoms with E-state index in [2.05, 4.69) is 20.9 Å². The number of amides is 2. The van der Waals surface area contributed by atoms with Gasteiger partial charge in [-0.3, -0.25) is 14.3 Å². The summed E-state index contributed by atoms with van der Waals surface area (Å²) < 4.78 is 1.46. The van der Waals surface area contributed by atoms with Crippen molar-refractivity contribution in [2.75, 3.05) is 6.54 Å². The molecule has 0 saturated carbocycles. The number of aryl methyl sites for hydroxylation is 1. The molecule has 1 aromatic heterocycles. The molecular formula is C9H13N5O2. The Morgan fingerprint density at radius 3 is 3.12 bits per heavy atom. The fraction of sp³-hybridized carbons (Fsp3) is 0.556. The normalized spacial score (nSPS) is 19.6. The summed E-state index contributed by atoms with van der Waals surface area (Å²) in [5.41, 5.74) is 0.284. The molecule has 2 heterocycles. The third-order valence-corrected chi connectivity index (χ3v) is 2.43. The quantitative estimate of drug-likeness (QED) is 0.675. The highest BCUT2D eigenvalue weighted by Crippen LogP contribution is 2.05. The topological polar surface area (TPSA) is 88.9 Å². The molecule has 0 radical (unpaired) electrons. The standard InChI is InChI=1S/C9H13N5O2/c1-14-5-7(12-13-14)9(16)10-4-6-2-3-8(15)11-6/h5-6H,2-4H2,1H3,(H,10,16)(H,11,15). The molecule has 0 aliphatic carbocycles. The van der Waals surface area contributed by atoms with Crippen LogP contribution in [0.1, 0.15) is 23.3 Å². The van der Waals surface area contributed by atoms with Crippen molar-refractivity contribution >= 4 is 11.8 Å². The molecular weight excluding hydrogens is 210 g/mol. The van der Waals surface area contributed by atoms with Gasteiger partial charge in [0.25, 0.3) is 5.91 Å². The molecule has 1 aliphatic heterocycles. The molecule has 1 fully saturated rings. The van der Waals surface area contributed by atoms with E-state index in [1.165, 1.54) is 4.68 Å². The zero-order chi connectivity index (χ0) is 11.5. The van der Waals surface area contributed by atoms with Crippen molar-refractivity contribution in [3.63, 3.8) is 0 Å². The molecule has 1 aromatic rings. The van der Waals surface area contributed by atoms with Crippen LogP contribution in [0.25, 0.3) is 0 Å². The lowest BCUT2D eigenvalue weighted by molar-refractivity contribution is -0.119. The van der Waals surface area contributed by atoms with Gasteiger partial charge in [0.2, 0.25) is 5.91 Å². The van der Waals surface area contributed by atoms with Gasteiger partial charge in [0.15, 0.2) is 5.69 Å². The summed E-state index contributed by atoms with van der Waals surface area (Å²) in [6.07, 6.45) is 2.84. The Morgan fingerprint density at radius 2 is 2.56 bits per heavy atom. The van der Waals surface area contributed by atoms with Crippen LogP contribution in [0.3, 0.4) is 0 Å². The van der Waals surface area contributed by atoms with E-state index >= 15 is 0 Å².